The van der Waals surface area contributed by atoms with Gasteiger partial charge >= 0.3 is 6.18 Å². The summed E-state index contributed by atoms with van der Waals surface area (Å²) in [6.45, 7) is 0. The molecule has 0 saturated heterocycles. The molecule has 1 N–H and O–H groups in total. The van der Waals surface area contributed by atoms with Crippen molar-refractivity contribution in [2.45, 2.75) is 48.1 Å². The number of nitrogens with one attached hydrogen (secondary N) is 1. The fourth-order valence-corrected chi connectivity index (χ4v) is 5.13. The molecule has 1 aromatic carbocycles. The number of carbonyl (C=O) groups excluding carboxylic acids is 1. The molecule has 1 amide bonds. The summed E-state index contributed by atoms with van der Waals surface area (Å²) in [4.78, 5) is 19.3. The molecular formula is C21H17F6N5O2S. The number of benzene rings is 1. The molecule has 14 heteroatoms. The third kappa shape index (κ3) is 5.52. The molecule has 0 aliphatic heterocycles. The van der Waals surface area contributed by atoms with Gasteiger partial charge in [0, 0.05) is 22.7 Å². The second kappa shape index (κ2) is 9.76. The molecule has 1 aliphatic rings. The smallest absolute Gasteiger partial charge is 0.352 e. The van der Waals surface area contributed by atoms with Gasteiger partial charge in [0.1, 0.15) is 17.2 Å². The minimum atomic E-state index is -4.76. The van der Waals surface area contributed by atoms with E-state index < -0.39 is 64.4 Å². The highest BCUT2D eigenvalue weighted by atomic mass is 32.2. The molecular weight excluding hydrogens is 500 g/mol. The summed E-state index contributed by atoms with van der Waals surface area (Å²) in [7, 11) is -1.50. The number of hydrogen-bond acceptors (Lipinski definition) is 5. The van der Waals surface area contributed by atoms with E-state index in [-0.39, 0.29) is 11.3 Å². The van der Waals surface area contributed by atoms with Gasteiger partial charge in [-0.25, -0.2) is 27.8 Å². The van der Waals surface area contributed by atoms with E-state index in [0.29, 0.717) is 17.7 Å². The SMILES string of the molecule is O=C(Cc1cn(-c2cnc(C(F)(F)F)nc2)nc1C(F)F)NC1CCC1S(=O)c1ccc(F)cc1. The van der Waals surface area contributed by atoms with E-state index in [1.54, 1.807) is 0 Å². The molecule has 0 radical (unpaired) electrons. The van der Waals surface area contributed by atoms with E-state index in [1.165, 1.54) is 24.3 Å². The van der Waals surface area contributed by atoms with E-state index in [0.717, 1.165) is 23.3 Å². The molecule has 1 aliphatic carbocycles. The number of halogens is 6. The number of nitrogens with zero attached hydrogens (tertiary/aromatic N) is 4. The van der Waals surface area contributed by atoms with Gasteiger partial charge in [0.15, 0.2) is 0 Å². The molecule has 2 heterocycles. The maximum absolute atomic E-state index is 13.5. The lowest BCUT2D eigenvalue weighted by molar-refractivity contribution is -0.145. The first-order valence-corrected chi connectivity index (χ1v) is 11.5. The lowest BCUT2D eigenvalue weighted by Crippen LogP contribution is -2.52. The molecule has 3 unspecified atom stereocenters. The zero-order valence-electron chi connectivity index (χ0n) is 17.7. The third-order valence-electron chi connectivity index (χ3n) is 5.41. The van der Waals surface area contributed by atoms with Crippen LogP contribution in [0.15, 0.2) is 47.8 Å². The molecule has 2 aromatic heterocycles. The summed E-state index contributed by atoms with van der Waals surface area (Å²) in [5, 5.41) is 5.94. The highest BCUT2D eigenvalue weighted by Crippen LogP contribution is 2.30. The minimum absolute atomic E-state index is 0.0969. The zero-order valence-corrected chi connectivity index (χ0v) is 18.5. The summed E-state index contributed by atoms with van der Waals surface area (Å²) in [6.07, 6.45) is -4.53. The van der Waals surface area contributed by atoms with Crippen LogP contribution in [0.3, 0.4) is 0 Å². The fraction of sp³-hybridized carbons (Fsp3) is 0.333. The van der Waals surface area contributed by atoms with E-state index in [4.69, 9.17) is 0 Å². The summed E-state index contributed by atoms with van der Waals surface area (Å²) in [5.41, 5.74) is -0.937. The topological polar surface area (TPSA) is 89.8 Å². The van der Waals surface area contributed by atoms with Crippen LogP contribution in [0.4, 0.5) is 26.3 Å². The van der Waals surface area contributed by atoms with Crippen molar-refractivity contribution >= 4 is 16.7 Å². The zero-order chi connectivity index (χ0) is 25.3. The number of alkyl halides is 5. The molecule has 0 bridgehead atoms. The van der Waals surface area contributed by atoms with E-state index >= 15 is 0 Å². The number of aromatic nitrogens is 4. The van der Waals surface area contributed by atoms with Gasteiger partial charge in [-0.1, -0.05) is 0 Å². The summed E-state index contributed by atoms with van der Waals surface area (Å²) >= 11 is 0. The lowest BCUT2D eigenvalue weighted by atomic mass is 9.92. The van der Waals surface area contributed by atoms with E-state index in [9.17, 15) is 35.3 Å². The second-order valence-corrected chi connectivity index (χ2v) is 9.44. The molecule has 3 atom stereocenters. The van der Waals surface area contributed by atoms with Crippen molar-refractivity contribution in [1.82, 2.24) is 25.1 Å². The van der Waals surface area contributed by atoms with Gasteiger partial charge < -0.3 is 5.32 Å². The lowest BCUT2D eigenvalue weighted by Gasteiger charge is -2.36. The Balaban J connectivity index is 1.45. The van der Waals surface area contributed by atoms with Crippen LogP contribution in [0.1, 0.15) is 36.3 Å². The Morgan fingerprint density at radius 1 is 1.14 bits per heavy atom. The molecule has 7 nitrogen and oxygen atoms in total. The minimum Gasteiger partial charge on any atom is -0.352 e. The quantitative estimate of drug-likeness (QED) is 0.483. The van der Waals surface area contributed by atoms with Crippen molar-refractivity contribution in [2.24, 2.45) is 0 Å². The number of hydrogen-bond donors (Lipinski definition) is 1. The molecule has 0 spiro atoms. The van der Waals surface area contributed by atoms with Crippen LogP contribution in [-0.2, 0) is 28.2 Å². The Bertz CT molecular complexity index is 1230. The standard InChI is InChI=1S/C21H17F6N5O2S/c22-12-1-3-14(4-2-12)35(34)16-6-5-15(16)30-17(33)7-11-10-32(31-18(11)19(23)24)13-8-28-20(29-9-13)21(25,26)27/h1-4,8-10,15-16,19H,5-7H2,(H,30,33). The van der Waals surface area contributed by atoms with Crippen LogP contribution in [0, 0.1) is 5.82 Å². The third-order valence-corrected chi connectivity index (χ3v) is 7.27. The van der Waals surface area contributed by atoms with Crippen LogP contribution in [0.2, 0.25) is 0 Å². The van der Waals surface area contributed by atoms with Gasteiger partial charge in [0.05, 0.1) is 34.9 Å². The Hall–Kier alpha value is -3.29. The Morgan fingerprint density at radius 2 is 1.80 bits per heavy atom. The van der Waals surface area contributed by atoms with Gasteiger partial charge in [0.2, 0.25) is 11.7 Å². The molecule has 186 valence electrons. The van der Waals surface area contributed by atoms with Gasteiger partial charge in [-0.2, -0.15) is 18.3 Å². The van der Waals surface area contributed by atoms with Gasteiger partial charge in [-0.3, -0.25) is 9.00 Å². The van der Waals surface area contributed by atoms with Crippen molar-refractivity contribution in [3.05, 3.63) is 65.8 Å². The Kier molecular flexibility index (Phi) is 6.92. The van der Waals surface area contributed by atoms with Crippen molar-refractivity contribution < 1.29 is 35.3 Å². The highest BCUT2D eigenvalue weighted by molar-refractivity contribution is 7.85. The van der Waals surface area contributed by atoms with E-state index in [1.807, 2.05) is 0 Å². The van der Waals surface area contributed by atoms with Crippen LogP contribution in [0.25, 0.3) is 5.69 Å². The van der Waals surface area contributed by atoms with Gasteiger partial charge in [0.25, 0.3) is 6.43 Å². The maximum Gasteiger partial charge on any atom is 0.451 e. The van der Waals surface area contributed by atoms with Crippen LogP contribution < -0.4 is 5.32 Å². The summed E-state index contributed by atoms with van der Waals surface area (Å²) in [5.74, 6) is -2.47. The first kappa shape index (κ1) is 24.8. The Morgan fingerprint density at radius 3 is 2.34 bits per heavy atom. The molecule has 35 heavy (non-hydrogen) atoms. The first-order chi connectivity index (χ1) is 16.5. The van der Waals surface area contributed by atoms with Crippen LogP contribution in [0.5, 0.6) is 0 Å². The number of rotatable bonds is 7. The second-order valence-electron chi connectivity index (χ2n) is 7.77. The monoisotopic (exact) mass is 517 g/mol. The van der Waals surface area contributed by atoms with E-state index in [2.05, 4.69) is 20.4 Å². The van der Waals surface area contributed by atoms with Crippen molar-refractivity contribution in [2.75, 3.05) is 0 Å². The largest absolute Gasteiger partial charge is 0.451 e. The molecule has 3 aromatic rings. The number of amides is 1. The fourth-order valence-electron chi connectivity index (χ4n) is 3.53. The van der Waals surface area contributed by atoms with Crippen LogP contribution in [-0.4, -0.2) is 41.2 Å². The molecule has 1 saturated carbocycles. The predicted molar refractivity (Wildman–Crippen MR) is 111 cm³/mol. The molecule has 1 fully saturated rings. The first-order valence-electron chi connectivity index (χ1n) is 10.2. The average molecular weight is 517 g/mol. The predicted octanol–water partition coefficient (Wildman–Crippen LogP) is 3.76. The Labute approximate surface area is 197 Å². The molecule has 4 rings (SSSR count). The summed E-state index contributed by atoms with van der Waals surface area (Å²) < 4.78 is 91.6. The maximum atomic E-state index is 13.5. The van der Waals surface area contributed by atoms with Crippen molar-refractivity contribution in [1.29, 1.82) is 0 Å². The van der Waals surface area contributed by atoms with Gasteiger partial charge in [-0.05, 0) is 37.1 Å². The van der Waals surface area contributed by atoms with Crippen molar-refractivity contribution in [3.63, 3.8) is 0 Å². The summed E-state index contributed by atoms with van der Waals surface area (Å²) in [6, 6.07) is 4.71. The normalized spacial score (nSPS) is 18.8. The van der Waals surface area contributed by atoms with Crippen molar-refractivity contribution in [3.8, 4) is 5.69 Å². The van der Waals surface area contributed by atoms with Gasteiger partial charge in [-0.15, -0.1) is 0 Å². The number of carbonyl (C=O) groups is 1. The average Bonchev–Trinajstić information content (AvgIpc) is 3.20. The van der Waals surface area contributed by atoms with Crippen LogP contribution >= 0.6 is 0 Å². The highest BCUT2D eigenvalue weighted by Gasteiger charge is 2.37.